The lowest BCUT2D eigenvalue weighted by atomic mass is 9.96. The van der Waals surface area contributed by atoms with Crippen LogP contribution >= 0.6 is 11.6 Å². The van der Waals surface area contributed by atoms with Crippen LogP contribution in [0.4, 0.5) is 0 Å². The average Bonchev–Trinajstić information content (AvgIpc) is 3.54. The molecule has 0 bridgehead atoms. The summed E-state index contributed by atoms with van der Waals surface area (Å²) in [6, 6.07) is 12.4. The zero-order valence-electron chi connectivity index (χ0n) is 19.9. The van der Waals surface area contributed by atoms with E-state index in [0.717, 1.165) is 4.90 Å². The van der Waals surface area contributed by atoms with E-state index < -0.39 is 49.1 Å². The highest BCUT2D eigenvalue weighted by molar-refractivity contribution is 6.41. The Morgan fingerprint density at radius 2 is 1.58 bits per heavy atom. The first-order valence-electron chi connectivity index (χ1n) is 12.1. The average molecular weight is 536 g/mol. The van der Waals surface area contributed by atoms with Crippen molar-refractivity contribution in [2.45, 2.75) is 30.6 Å². The van der Waals surface area contributed by atoms with Crippen molar-refractivity contribution in [1.82, 2.24) is 14.5 Å². The molecule has 10 nitrogen and oxygen atoms in total. The number of aromatic nitrogens is 2. The number of hydrogen-bond donors (Lipinski definition) is 5. The maximum atomic E-state index is 13.5. The molecule has 0 spiro atoms. The monoisotopic (exact) mass is 535 g/mol. The highest BCUT2D eigenvalue weighted by atomic mass is 35.5. The van der Waals surface area contributed by atoms with Crippen molar-refractivity contribution in [3.63, 3.8) is 0 Å². The van der Waals surface area contributed by atoms with Gasteiger partial charge in [0.25, 0.3) is 11.8 Å². The molecule has 11 heteroatoms. The molecule has 7 rings (SSSR count). The maximum absolute atomic E-state index is 13.5. The van der Waals surface area contributed by atoms with Crippen LogP contribution in [0.1, 0.15) is 26.9 Å². The molecular weight excluding hydrogens is 514 g/mol. The van der Waals surface area contributed by atoms with Gasteiger partial charge in [0.2, 0.25) is 0 Å². The van der Waals surface area contributed by atoms with Crippen molar-refractivity contribution in [2.75, 3.05) is 13.7 Å². The number of carbonyl (C=O) groups is 2. The molecule has 1 saturated heterocycles. The van der Waals surface area contributed by atoms with Crippen LogP contribution in [0.3, 0.4) is 0 Å². The number of imide groups is 1. The van der Waals surface area contributed by atoms with Gasteiger partial charge in [-0.2, -0.15) is 0 Å². The summed E-state index contributed by atoms with van der Waals surface area (Å²) in [7, 11) is 1.43. The summed E-state index contributed by atoms with van der Waals surface area (Å²) < 4.78 is 7.62. The van der Waals surface area contributed by atoms with E-state index in [1.165, 1.54) is 7.05 Å². The summed E-state index contributed by atoms with van der Waals surface area (Å²) in [5, 5.41) is 44.6. The standard InChI is InChI=1S/C27H22ClN3O7/c1-30-25(36)17-15-11-6-4-7-12(28)19(11)29-20(15)21-16(18(17)26(30)37)10-5-2-3-8-13(10)31(21)27-24(35)23(34)22(33)14(9-32)38-27/h2-8,14,22-24,27,29,32-35H,9H2,1H3/t14-,22-,23+,24-,27-/m1/s1. The summed E-state index contributed by atoms with van der Waals surface area (Å²) in [6.45, 7) is -0.594. The van der Waals surface area contributed by atoms with E-state index in [2.05, 4.69) is 4.98 Å². The number of ether oxygens (including phenoxy) is 1. The van der Waals surface area contributed by atoms with Gasteiger partial charge < -0.3 is 34.7 Å². The number of para-hydroxylation sites is 2. The summed E-state index contributed by atoms with van der Waals surface area (Å²) in [5.74, 6) is -0.910. The number of fused-ring (bicyclic) bond motifs is 10. The Morgan fingerprint density at radius 3 is 2.32 bits per heavy atom. The number of aliphatic hydroxyl groups excluding tert-OH is 4. The Hall–Kier alpha value is -3.51. The van der Waals surface area contributed by atoms with Gasteiger partial charge in [-0.15, -0.1) is 0 Å². The highest BCUT2D eigenvalue weighted by Gasteiger charge is 2.46. The summed E-state index contributed by atoms with van der Waals surface area (Å²) >= 11 is 6.53. The van der Waals surface area contributed by atoms with Gasteiger partial charge >= 0.3 is 0 Å². The van der Waals surface area contributed by atoms with Crippen LogP contribution in [0, 0.1) is 0 Å². The molecule has 2 aromatic heterocycles. The number of benzene rings is 3. The number of nitrogens with one attached hydrogen (secondary N) is 1. The van der Waals surface area contributed by atoms with Crippen LogP contribution in [0.5, 0.6) is 0 Å². The minimum Gasteiger partial charge on any atom is -0.394 e. The van der Waals surface area contributed by atoms with Crippen LogP contribution in [-0.4, -0.2) is 84.8 Å². The second-order valence-electron chi connectivity index (χ2n) is 9.79. The van der Waals surface area contributed by atoms with E-state index in [4.69, 9.17) is 16.3 Å². The number of carbonyl (C=O) groups excluding carboxylic acids is 2. The first-order valence-corrected chi connectivity index (χ1v) is 12.5. The Balaban J connectivity index is 1.72. The van der Waals surface area contributed by atoms with E-state index in [1.54, 1.807) is 41.0 Å². The Labute approximate surface area is 219 Å². The Bertz CT molecular complexity index is 1840. The zero-order chi connectivity index (χ0) is 26.6. The van der Waals surface area contributed by atoms with Gasteiger partial charge in [-0.25, -0.2) is 0 Å². The molecule has 2 amide bonds. The van der Waals surface area contributed by atoms with Crippen LogP contribution in [0.25, 0.3) is 43.6 Å². The van der Waals surface area contributed by atoms with E-state index in [1.807, 2.05) is 6.07 Å². The SMILES string of the molecule is CN1C(=O)c2c(c3c4ccccc4n([C@@H]4O[C@H](CO)[C@@H](O)[C@H](O)[C@H]4O)c3c3[nH]c4c(Cl)cccc4c23)C1=O. The molecule has 0 saturated carbocycles. The molecule has 5 atom stereocenters. The smallest absolute Gasteiger partial charge is 0.262 e. The second-order valence-corrected chi connectivity index (χ2v) is 10.2. The number of aliphatic hydroxyl groups is 4. The van der Waals surface area contributed by atoms with Crippen molar-refractivity contribution in [1.29, 1.82) is 0 Å². The van der Waals surface area contributed by atoms with Crippen molar-refractivity contribution in [3.05, 3.63) is 58.6 Å². The molecule has 3 aromatic carbocycles. The van der Waals surface area contributed by atoms with Gasteiger partial charge in [0.05, 0.1) is 44.8 Å². The van der Waals surface area contributed by atoms with E-state index in [0.29, 0.717) is 48.6 Å². The van der Waals surface area contributed by atoms with Crippen molar-refractivity contribution in [3.8, 4) is 0 Å². The third-order valence-electron chi connectivity index (χ3n) is 7.84. The molecule has 1 fully saturated rings. The largest absolute Gasteiger partial charge is 0.394 e. The van der Waals surface area contributed by atoms with E-state index in [9.17, 15) is 30.0 Å². The fraction of sp³-hybridized carbons (Fsp3) is 0.259. The highest BCUT2D eigenvalue weighted by Crippen LogP contribution is 2.47. The topological polar surface area (TPSA) is 148 Å². The number of H-pyrrole nitrogens is 1. The lowest BCUT2D eigenvalue weighted by Crippen LogP contribution is -2.56. The van der Waals surface area contributed by atoms with Crippen LogP contribution in [-0.2, 0) is 4.74 Å². The van der Waals surface area contributed by atoms with Crippen molar-refractivity contribution < 1.29 is 34.8 Å². The van der Waals surface area contributed by atoms with Gasteiger partial charge in [0, 0.05) is 28.6 Å². The first-order chi connectivity index (χ1) is 18.3. The van der Waals surface area contributed by atoms with Gasteiger partial charge in [0.15, 0.2) is 6.23 Å². The minimum atomic E-state index is -1.61. The van der Waals surface area contributed by atoms with Gasteiger partial charge in [-0.1, -0.05) is 41.9 Å². The van der Waals surface area contributed by atoms with Crippen LogP contribution in [0.15, 0.2) is 42.5 Å². The number of rotatable bonds is 2. The molecule has 0 unspecified atom stereocenters. The van der Waals surface area contributed by atoms with Crippen molar-refractivity contribution in [2.24, 2.45) is 0 Å². The van der Waals surface area contributed by atoms with Gasteiger partial charge in [-0.3, -0.25) is 14.5 Å². The lowest BCUT2D eigenvalue weighted by molar-refractivity contribution is -0.249. The number of halogens is 1. The van der Waals surface area contributed by atoms with E-state index >= 15 is 0 Å². The predicted octanol–water partition coefficient (Wildman–Crippen LogP) is 2.28. The second kappa shape index (κ2) is 8.00. The maximum Gasteiger partial charge on any atom is 0.262 e. The molecule has 0 radical (unpaired) electrons. The number of nitrogens with zero attached hydrogens (tertiary/aromatic N) is 2. The van der Waals surface area contributed by atoms with Crippen LogP contribution < -0.4 is 0 Å². The predicted molar refractivity (Wildman–Crippen MR) is 139 cm³/mol. The van der Waals surface area contributed by atoms with Gasteiger partial charge in [-0.05, 0) is 12.1 Å². The summed E-state index contributed by atoms with van der Waals surface area (Å²) in [4.78, 5) is 31.4. The molecular formula is C27H22ClN3O7. The van der Waals surface area contributed by atoms with Crippen molar-refractivity contribution >= 4 is 67.0 Å². The molecule has 5 N–H and O–H groups in total. The fourth-order valence-corrected chi connectivity index (χ4v) is 6.27. The fourth-order valence-electron chi connectivity index (χ4n) is 6.05. The molecule has 5 aromatic rings. The summed E-state index contributed by atoms with van der Waals surface area (Å²) in [6.07, 6.45) is -7.13. The number of hydrogen-bond acceptors (Lipinski definition) is 7. The minimum absolute atomic E-state index is 0.223. The zero-order valence-corrected chi connectivity index (χ0v) is 20.7. The molecule has 0 aliphatic carbocycles. The molecule has 194 valence electrons. The number of amides is 2. The quantitative estimate of drug-likeness (QED) is 0.218. The Morgan fingerprint density at radius 1 is 0.895 bits per heavy atom. The first kappa shape index (κ1) is 23.6. The molecule has 4 heterocycles. The molecule has 38 heavy (non-hydrogen) atoms. The van der Waals surface area contributed by atoms with Gasteiger partial charge in [0.1, 0.15) is 24.4 Å². The normalized spacial score (nSPS) is 25.9. The number of aromatic amines is 1. The lowest BCUT2D eigenvalue weighted by Gasteiger charge is -2.41. The van der Waals surface area contributed by atoms with E-state index in [-0.39, 0.29) is 11.1 Å². The third-order valence-corrected chi connectivity index (χ3v) is 8.15. The Kier molecular flexibility index (Phi) is 4.97. The molecule has 2 aliphatic heterocycles. The summed E-state index contributed by atoms with van der Waals surface area (Å²) in [5.41, 5.74) is 2.55. The molecule has 2 aliphatic rings. The van der Waals surface area contributed by atoms with Crippen LogP contribution in [0.2, 0.25) is 5.02 Å². The third kappa shape index (κ3) is 2.79.